The normalized spacial score (nSPS) is 9.94. The number of nitrogens with zero attached hydrogens (tertiary/aromatic N) is 1. The smallest absolute Gasteiger partial charge is 0.335 e. The lowest BCUT2D eigenvalue weighted by Crippen LogP contribution is -2.34. The van der Waals surface area contributed by atoms with E-state index in [9.17, 15) is 9.59 Å². The van der Waals surface area contributed by atoms with Gasteiger partial charge in [-0.1, -0.05) is 6.07 Å². The molecule has 0 saturated carbocycles. The van der Waals surface area contributed by atoms with Crippen LogP contribution in [0.1, 0.15) is 29.8 Å². The van der Waals surface area contributed by atoms with Crippen LogP contribution in [0.25, 0.3) is 0 Å². The number of carbonyl (C=O) groups excluding carboxylic acids is 1. The van der Waals surface area contributed by atoms with Gasteiger partial charge in [-0.05, 0) is 38.5 Å². The molecule has 18 heavy (non-hydrogen) atoms. The predicted octanol–water partition coefficient (Wildman–Crippen LogP) is 2.57. The van der Waals surface area contributed by atoms with Crippen LogP contribution in [0.5, 0.6) is 0 Å². The van der Waals surface area contributed by atoms with Gasteiger partial charge in [-0.15, -0.1) is 0 Å². The van der Waals surface area contributed by atoms with Crippen LogP contribution in [0.3, 0.4) is 0 Å². The summed E-state index contributed by atoms with van der Waals surface area (Å²) in [6.07, 6.45) is 0. The SMILES string of the molecule is CCN(CC)C(=O)Nc1cc(C(=O)O)ccc1C. The number of urea groups is 1. The van der Waals surface area contributed by atoms with Crippen LogP contribution < -0.4 is 5.32 Å². The lowest BCUT2D eigenvalue weighted by atomic mass is 10.1. The van der Waals surface area contributed by atoms with Gasteiger partial charge in [0.05, 0.1) is 5.56 Å². The summed E-state index contributed by atoms with van der Waals surface area (Å²) in [5.41, 5.74) is 1.53. The van der Waals surface area contributed by atoms with Crippen molar-refractivity contribution in [1.82, 2.24) is 4.90 Å². The Morgan fingerprint density at radius 1 is 1.28 bits per heavy atom. The molecular weight excluding hydrogens is 232 g/mol. The summed E-state index contributed by atoms with van der Waals surface area (Å²) in [7, 11) is 0. The zero-order chi connectivity index (χ0) is 13.7. The quantitative estimate of drug-likeness (QED) is 0.862. The topological polar surface area (TPSA) is 69.6 Å². The number of aryl methyl sites for hydroxylation is 1. The molecule has 5 heteroatoms. The van der Waals surface area contributed by atoms with Gasteiger partial charge >= 0.3 is 12.0 Å². The first-order valence-electron chi connectivity index (χ1n) is 5.89. The number of hydrogen-bond acceptors (Lipinski definition) is 2. The van der Waals surface area contributed by atoms with Crippen molar-refractivity contribution < 1.29 is 14.7 Å². The van der Waals surface area contributed by atoms with Crippen molar-refractivity contribution >= 4 is 17.7 Å². The maximum absolute atomic E-state index is 11.9. The molecule has 0 radical (unpaired) electrons. The van der Waals surface area contributed by atoms with Crippen molar-refractivity contribution in [2.45, 2.75) is 20.8 Å². The van der Waals surface area contributed by atoms with E-state index in [2.05, 4.69) is 5.32 Å². The Balaban J connectivity index is 2.93. The van der Waals surface area contributed by atoms with Crippen LogP contribution in [-0.4, -0.2) is 35.1 Å². The van der Waals surface area contributed by atoms with Crippen LogP contribution in [0.4, 0.5) is 10.5 Å². The average Bonchev–Trinajstić information content (AvgIpc) is 2.33. The summed E-state index contributed by atoms with van der Waals surface area (Å²) in [5, 5.41) is 11.6. The molecule has 1 aromatic carbocycles. The lowest BCUT2D eigenvalue weighted by Gasteiger charge is -2.20. The van der Waals surface area contributed by atoms with E-state index in [1.807, 2.05) is 20.8 Å². The Labute approximate surface area is 106 Å². The lowest BCUT2D eigenvalue weighted by molar-refractivity contribution is 0.0697. The van der Waals surface area contributed by atoms with Gasteiger partial charge in [-0.3, -0.25) is 0 Å². The number of hydrogen-bond donors (Lipinski definition) is 2. The third-order valence-corrected chi connectivity index (χ3v) is 2.78. The van der Waals surface area contributed by atoms with Gasteiger partial charge in [0, 0.05) is 18.8 Å². The minimum Gasteiger partial charge on any atom is -0.478 e. The molecule has 0 bridgehead atoms. The fraction of sp³-hybridized carbons (Fsp3) is 0.385. The second kappa shape index (κ2) is 6.05. The molecule has 1 aromatic rings. The van der Waals surface area contributed by atoms with Crippen molar-refractivity contribution in [3.63, 3.8) is 0 Å². The van der Waals surface area contributed by atoms with E-state index in [-0.39, 0.29) is 11.6 Å². The molecule has 2 N–H and O–H groups in total. The second-order valence-corrected chi connectivity index (χ2v) is 3.94. The number of carbonyl (C=O) groups is 2. The monoisotopic (exact) mass is 250 g/mol. The zero-order valence-electron chi connectivity index (χ0n) is 10.9. The highest BCUT2D eigenvalue weighted by atomic mass is 16.4. The van der Waals surface area contributed by atoms with Crippen molar-refractivity contribution in [3.8, 4) is 0 Å². The predicted molar refractivity (Wildman–Crippen MR) is 70.1 cm³/mol. The molecule has 0 aliphatic heterocycles. The van der Waals surface area contributed by atoms with Crippen molar-refractivity contribution in [1.29, 1.82) is 0 Å². The molecule has 0 unspecified atom stereocenters. The third-order valence-electron chi connectivity index (χ3n) is 2.78. The molecule has 0 aromatic heterocycles. The highest BCUT2D eigenvalue weighted by molar-refractivity contribution is 5.94. The van der Waals surface area contributed by atoms with Gasteiger partial charge in [0.1, 0.15) is 0 Å². The highest BCUT2D eigenvalue weighted by Crippen LogP contribution is 2.17. The van der Waals surface area contributed by atoms with Gasteiger partial charge in [0.15, 0.2) is 0 Å². The molecule has 0 spiro atoms. The molecule has 5 nitrogen and oxygen atoms in total. The van der Waals surface area contributed by atoms with Gasteiger partial charge in [0.25, 0.3) is 0 Å². The van der Waals surface area contributed by atoms with E-state index in [0.29, 0.717) is 18.8 Å². The van der Waals surface area contributed by atoms with Crippen molar-refractivity contribution in [2.24, 2.45) is 0 Å². The van der Waals surface area contributed by atoms with Crippen molar-refractivity contribution in [3.05, 3.63) is 29.3 Å². The second-order valence-electron chi connectivity index (χ2n) is 3.94. The van der Waals surface area contributed by atoms with Gasteiger partial charge in [0.2, 0.25) is 0 Å². The van der Waals surface area contributed by atoms with E-state index in [4.69, 9.17) is 5.11 Å². The Morgan fingerprint density at radius 2 is 1.89 bits per heavy atom. The summed E-state index contributed by atoms with van der Waals surface area (Å²) in [6.45, 7) is 6.83. The number of benzene rings is 1. The Hall–Kier alpha value is -2.04. The van der Waals surface area contributed by atoms with Crippen LogP contribution in [0.2, 0.25) is 0 Å². The number of anilines is 1. The Bertz CT molecular complexity index is 454. The molecular formula is C13H18N2O3. The number of amides is 2. The standard InChI is InChI=1S/C13H18N2O3/c1-4-15(5-2)13(18)14-11-8-10(12(16)17)7-6-9(11)3/h6-8H,4-5H2,1-3H3,(H,14,18)(H,16,17). The van der Waals surface area contributed by atoms with E-state index in [0.717, 1.165) is 5.56 Å². The minimum absolute atomic E-state index is 0.162. The maximum Gasteiger partial charge on any atom is 0.335 e. The van der Waals surface area contributed by atoms with E-state index >= 15 is 0 Å². The molecule has 0 atom stereocenters. The maximum atomic E-state index is 11.9. The molecule has 0 heterocycles. The number of carboxylic acid groups (broad SMARTS) is 1. The Morgan fingerprint density at radius 3 is 2.39 bits per heavy atom. The summed E-state index contributed by atoms with van der Waals surface area (Å²) in [4.78, 5) is 24.4. The summed E-state index contributed by atoms with van der Waals surface area (Å²) in [6, 6.07) is 4.45. The first-order valence-corrected chi connectivity index (χ1v) is 5.89. The van der Waals surface area contributed by atoms with Crippen LogP contribution in [-0.2, 0) is 0 Å². The average molecular weight is 250 g/mol. The molecule has 1 rings (SSSR count). The van der Waals surface area contributed by atoms with Crippen LogP contribution in [0, 0.1) is 6.92 Å². The number of aromatic carboxylic acids is 1. The zero-order valence-corrected chi connectivity index (χ0v) is 10.9. The molecule has 0 fully saturated rings. The first kappa shape index (κ1) is 14.0. The highest BCUT2D eigenvalue weighted by Gasteiger charge is 2.12. The first-order chi connectivity index (χ1) is 8.49. The number of nitrogens with one attached hydrogen (secondary N) is 1. The number of carboxylic acids is 1. The summed E-state index contributed by atoms with van der Waals surface area (Å²) >= 11 is 0. The minimum atomic E-state index is -1.01. The van der Waals surface area contributed by atoms with E-state index < -0.39 is 5.97 Å². The van der Waals surface area contributed by atoms with Crippen molar-refractivity contribution in [2.75, 3.05) is 18.4 Å². The molecule has 98 valence electrons. The third kappa shape index (κ3) is 3.23. The fourth-order valence-corrected chi connectivity index (χ4v) is 1.59. The van der Waals surface area contributed by atoms with Crippen LogP contribution >= 0.6 is 0 Å². The number of rotatable bonds is 4. The molecule has 0 aliphatic carbocycles. The molecule has 0 saturated heterocycles. The fourth-order valence-electron chi connectivity index (χ4n) is 1.59. The van der Waals surface area contributed by atoms with Gasteiger partial charge < -0.3 is 15.3 Å². The summed E-state index contributed by atoms with van der Waals surface area (Å²) in [5.74, 6) is -1.01. The Kier molecular flexibility index (Phi) is 4.71. The van der Waals surface area contributed by atoms with Gasteiger partial charge in [-0.2, -0.15) is 0 Å². The largest absolute Gasteiger partial charge is 0.478 e. The van der Waals surface area contributed by atoms with E-state index in [1.54, 1.807) is 11.0 Å². The summed E-state index contributed by atoms with van der Waals surface area (Å²) < 4.78 is 0. The molecule has 2 amide bonds. The molecule has 0 aliphatic rings. The van der Waals surface area contributed by atoms with Crippen LogP contribution in [0.15, 0.2) is 18.2 Å². The van der Waals surface area contributed by atoms with E-state index in [1.165, 1.54) is 12.1 Å². The van der Waals surface area contributed by atoms with Gasteiger partial charge in [-0.25, -0.2) is 9.59 Å².